The van der Waals surface area contributed by atoms with E-state index in [2.05, 4.69) is 94.3 Å². The largest absolute Gasteiger partial charge is 0.360 e. The second-order valence-electron chi connectivity index (χ2n) is 12.0. The Morgan fingerprint density at radius 1 is 0.864 bits per heavy atom. The van der Waals surface area contributed by atoms with Gasteiger partial charge in [-0.1, -0.05) is 104 Å². The Balaban J connectivity index is 0.00000384. The molecule has 3 N–H and O–H groups in total. The molecule has 1 saturated carbocycles. The molecule has 0 spiro atoms. The van der Waals surface area contributed by atoms with Crippen molar-refractivity contribution < 1.29 is 9.59 Å². The molecule has 44 heavy (non-hydrogen) atoms. The average Bonchev–Trinajstić information content (AvgIpc) is 3.46. The second-order valence-corrected chi connectivity index (χ2v) is 12.0. The molecule has 0 radical (unpaired) electrons. The standard InChI is InChI=1S/C37H40N4O2.ClH/c1-41(24-26-11-3-2-4-12-26)25-30(22-27-19-20-28-13-5-6-14-29(28)21-27)39-36(42)32-16-8-10-18-35(32)40-37(43)33-23-38-34-17-9-7-15-31(33)34;/h2-7,9,11-15,17,19-21,23,30,32,35,38H,8,10,16,18,22,24-25H2,1H3,(H,39,42)(H,40,43);1H/t30-,32+,35-;/m0./s1. The molecule has 2 amide bonds. The minimum atomic E-state index is -0.263. The lowest BCUT2D eigenvalue weighted by atomic mass is 9.83. The van der Waals surface area contributed by atoms with Crippen LogP contribution in [0.25, 0.3) is 21.7 Å². The van der Waals surface area contributed by atoms with Crippen molar-refractivity contribution in [2.75, 3.05) is 13.6 Å². The monoisotopic (exact) mass is 608 g/mol. The molecule has 1 aliphatic carbocycles. The Labute approximate surface area is 265 Å². The number of para-hydroxylation sites is 1. The quantitative estimate of drug-likeness (QED) is 0.162. The molecular weight excluding hydrogens is 568 g/mol. The maximum Gasteiger partial charge on any atom is 0.253 e. The third-order valence-electron chi connectivity index (χ3n) is 8.72. The highest BCUT2D eigenvalue weighted by Gasteiger charge is 2.33. The minimum absolute atomic E-state index is 0. The van der Waals surface area contributed by atoms with Crippen molar-refractivity contribution in [2.24, 2.45) is 5.92 Å². The smallest absolute Gasteiger partial charge is 0.253 e. The van der Waals surface area contributed by atoms with Gasteiger partial charge in [-0.05, 0) is 54.3 Å². The summed E-state index contributed by atoms with van der Waals surface area (Å²) in [5, 5.41) is 9.97. The highest BCUT2D eigenvalue weighted by Crippen LogP contribution is 2.27. The van der Waals surface area contributed by atoms with Gasteiger partial charge in [0.1, 0.15) is 0 Å². The van der Waals surface area contributed by atoms with E-state index in [0.717, 1.165) is 49.6 Å². The summed E-state index contributed by atoms with van der Waals surface area (Å²) >= 11 is 0. The van der Waals surface area contributed by atoms with Gasteiger partial charge >= 0.3 is 0 Å². The molecule has 6 nitrogen and oxygen atoms in total. The first-order valence-electron chi connectivity index (χ1n) is 15.4. The van der Waals surface area contributed by atoms with Gasteiger partial charge in [-0.2, -0.15) is 0 Å². The van der Waals surface area contributed by atoms with Crippen LogP contribution in [0.3, 0.4) is 0 Å². The number of carbonyl (C=O) groups excluding carboxylic acids is 2. The van der Waals surface area contributed by atoms with Crippen LogP contribution in [0.1, 0.15) is 47.2 Å². The number of amides is 2. The molecule has 1 aliphatic rings. The van der Waals surface area contributed by atoms with Gasteiger partial charge in [-0.15, -0.1) is 12.4 Å². The molecule has 1 fully saturated rings. The lowest BCUT2D eigenvalue weighted by Crippen LogP contribution is -2.52. The van der Waals surface area contributed by atoms with Crippen LogP contribution in [0.2, 0.25) is 0 Å². The van der Waals surface area contributed by atoms with Crippen molar-refractivity contribution in [2.45, 2.75) is 50.7 Å². The zero-order valence-corrected chi connectivity index (χ0v) is 26.0. The van der Waals surface area contributed by atoms with Crippen LogP contribution in [-0.4, -0.2) is 47.4 Å². The molecule has 1 heterocycles. The molecule has 7 heteroatoms. The van der Waals surface area contributed by atoms with Crippen LogP contribution in [-0.2, 0) is 17.8 Å². The van der Waals surface area contributed by atoms with Gasteiger partial charge < -0.3 is 20.5 Å². The number of benzene rings is 4. The summed E-state index contributed by atoms with van der Waals surface area (Å²) in [5.41, 5.74) is 4.00. The highest BCUT2D eigenvalue weighted by atomic mass is 35.5. The van der Waals surface area contributed by atoms with E-state index in [1.165, 1.54) is 21.9 Å². The van der Waals surface area contributed by atoms with Crippen molar-refractivity contribution in [3.8, 4) is 0 Å². The normalized spacial score (nSPS) is 17.2. The fourth-order valence-corrected chi connectivity index (χ4v) is 6.58. The van der Waals surface area contributed by atoms with Gasteiger partial charge in [0.25, 0.3) is 5.91 Å². The fraction of sp³-hybridized carbons (Fsp3) is 0.297. The molecule has 228 valence electrons. The highest BCUT2D eigenvalue weighted by molar-refractivity contribution is 6.07. The number of rotatable bonds is 10. The van der Waals surface area contributed by atoms with E-state index in [9.17, 15) is 9.59 Å². The van der Waals surface area contributed by atoms with Gasteiger partial charge in [0.05, 0.1) is 11.5 Å². The predicted molar refractivity (Wildman–Crippen MR) is 181 cm³/mol. The topological polar surface area (TPSA) is 77.2 Å². The zero-order chi connectivity index (χ0) is 29.6. The number of halogens is 1. The fourth-order valence-electron chi connectivity index (χ4n) is 6.58. The molecule has 0 unspecified atom stereocenters. The summed E-state index contributed by atoms with van der Waals surface area (Å²) in [7, 11) is 2.11. The predicted octanol–water partition coefficient (Wildman–Crippen LogP) is 6.89. The Bertz CT molecular complexity index is 1700. The molecule has 4 aromatic carbocycles. The summed E-state index contributed by atoms with van der Waals surface area (Å²) in [6, 6.07) is 32.9. The Morgan fingerprint density at radius 3 is 2.43 bits per heavy atom. The Kier molecular flexibility index (Phi) is 10.4. The molecule has 1 aromatic heterocycles. The van der Waals surface area contributed by atoms with Crippen molar-refractivity contribution in [3.05, 3.63) is 120 Å². The molecule has 0 bridgehead atoms. The SMILES string of the molecule is CN(Cc1ccccc1)C[C@H](Cc1ccc2ccccc2c1)NC(=O)[C@@H]1CCCC[C@@H]1NC(=O)c1c[nH]c2ccccc12.Cl. The van der Waals surface area contributed by atoms with Gasteiger partial charge in [0, 0.05) is 42.3 Å². The van der Waals surface area contributed by atoms with Crippen molar-refractivity contribution in [3.63, 3.8) is 0 Å². The number of fused-ring (bicyclic) bond motifs is 2. The summed E-state index contributed by atoms with van der Waals surface area (Å²) in [6.07, 6.45) is 6.06. The zero-order valence-electron chi connectivity index (χ0n) is 25.2. The number of aromatic nitrogens is 1. The summed E-state index contributed by atoms with van der Waals surface area (Å²) in [6.45, 7) is 1.52. The first-order chi connectivity index (χ1) is 21.0. The van der Waals surface area contributed by atoms with Gasteiger partial charge in [0.15, 0.2) is 0 Å². The average molecular weight is 609 g/mol. The molecule has 6 rings (SSSR count). The van der Waals surface area contributed by atoms with Crippen LogP contribution in [0.5, 0.6) is 0 Å². The summed E-state index contributed by atoms with van der Waals surface area (Å²) < 4.78 is 0. The van der Waals surface area contributed by atoms with Crippen molar-refractivity contribution in [1.82, 2.24) is 20.5 Å². The lowest BCUT2D eigenvalue weighted by Gasteiger charge is -2.33. The van der Waals surface area contributed by atoms with E-state index < -0.39 is 0 Å². The van der Waals surface area contributed by atoms with E-state index in [1.54, 1.807) is 6.20 Å². The van der Waals surface area contributed by atoms with E-state index in [-0.39, 0.29) is 42.2 Å². The second kappa shape index (κ2) is 14.6. The molecule has 3 atom stereocenters. The third-order valence-corrected chi connectivity index (χ3v) is 8.72. The molecule has 5 aromatic rings. The van der Waals surface area contributed by atoms with Crippen LogP contribution >= 0.6 is 12.4 Å². The number of carbonyl (C=O) groups is 2. The summed E-state index contributed by atoms with van der Waals surface area (Å²) in [4.78, 5) is 32.8. The number of hydrogen-bond donors (Lipinski definition) is 3. The van der Waals surface area contributed by atoms with Crippen molar-refractivity contribution >= 4 is 45.9 Å². The number of nitrogens with one attached hydrogen (secondary N) is 3. The van der Waals surface area contributed by atoms with Crippen LogP contribution in [0.15, 0.2) is 103 Å². The minimum Gasteiger partial charge on any atom is -0.360 e. The molecule has 0 aliphatic heterocycles. The number of aromatic amines is 1. The van der Waals surface area contributed by atoms with Crippen molar-refractivity contribution in [1.29, 1.82) is 0 Å². The Hall–Kier alpha value is -4.13. The number of hydrogen-bond acceptors (Lipinski definition) is 3. The third kappa shape index (κ3) is 7.50. The molecule has 0 saturated heterocycles. The maximum absolute atomic E-state index is 14.0. The molecular formula is C37H41ClN4O2. The summed E-state index contributed by atoms with van der Waals surface area (Å²) in [5.74, 6) is -0.360. The first-order valence-corrected chi connectivity index (χ1v) is 15.4. The van der Waals surface area contributed by atoms with Crippen LogP contribution in [0.4, 0.5) is 0 Å². The number of H-pyrrole nitrogens is 1. The van der Waals surface area contributed by atoms with E-state index >= 15 is 0 Å². The van der Waals surface area contributed by atoms with Crippen LogP contribution in [0, 0.1) is 5.92 Å². The number of likely N-dealkylation sites (N-methyl/N-ethyl adjacent to an activating group) is 1. The van der Waals surface area contributed by atoms with E-state index in [4.69, 9.17) is 0 Å². The van der Waals surface area contributed by atoms with Gasteiger partial charge in [0.2, 0.25) is 5.91 Å². The van der Waals surface area contributed by atoms with Gasteiger partial charge in [-0.3, -0.25) is 9.59 Å². The van der Waals surface area contributed by atoms with Gasteiger partial charge in [-0.25, -0.2) is 0 Å². The van der Waals surface area contributed by atoms with Crippen LogP contribution < -0.4 is 10.6 Å². The van der Waals surface area contributed by atoms with E-state index in [0.29, 0.717) is 12.1 Å². The Morgan fingerprint density at radius 2 is 1.59 bits per heavy atom. The number of nitrogens with zero attached hydrogens (tertiary/aromatic N) is 1. The van der Waals surface area contributed by atoms with E-state index in [1.807, 2.05) is 30.3 Å². The lowest BCUT2D eigenvalue weighted by molar-refractivity contribution is -0.127. The first kappa shape index (κ1) is 31.3. The maximum atomic E-state index is 14.0.